The zero-order chi connectivity index (χ0) is 7.98. The molecule has 4 heteroatoms. The molecule has 0 spiro atoms. The molecule has 0 N–H and O–H groups in total. The molecule has 0 radical (unpaired) electrons. The zero-order valence-corrected chi connectivity index (χ0v) is 7.60. The van der Waals surface area contributed by atoms with Crippen molar-refractivity contribution in [2.24, 2.45) is 0 Å². The summed E-state index contributed by atoms with van der Waals surface area (Å²) < 4.78 is 14.8. The Balaban J connectivity index is 3.63. The highest BCUT2D eigenvalue weighted by atomic mass is 31.1. The van der Waals surface area contributed by atoms with Gasteiger partial charge in [-0.1, -0.05) is 13.8 Å². The van der Waals surface area contributed by atoms with Crippen molar-refractivity contribution in [1.82, 2.24) is 4.90 Å². The highest BCUT2D eigenvalue weighted by Crippen LogP contribution is 2.06. The first-order valence-corrected chi connectivity index (χ1v) is 4.21. The van der Waals surface area contributed by atoms with Crippen LogP contribution >= 0.6 is 8.69 Å². The van der Waals surface area contributed by atoms with E-state index in [2.05, 4.69) is 4.90 Å². The molecule has 0 fully saturated rings. The summed E-state index contributed by atoms with van der Waals surface area (Å²) in [6.07, 6.45) is -0.0471. The summed E-state index contributed by atoms with van der Waals surface area (Å²) in [7, 11) is -0.239. The van der Waals surface area contributed by atoms with Gasteiger partial charge < -0.3 is 0 Å². The van der Waals surface area contributed by atoms with Gasteiger partial charge in [-0.05, 0) is 20.0 Å². The highest BCUT2D eigenvalue weighted by Gasteiger charge is 2.08. The van der Waals surface area contributed by atoms with Crippen LogP contribution in [0.1, 0.15) is 20.8 Å². The standard InChI is InChI=1S/C6H14NO2P/c1-4-7(5-2)6(3)9-10-8/h6H,4-5H2,1-3H3. The van der Waals surface area contributed by atoms with E-state index in [0.717, 1.165) is 13.1 Å². The molecule has 0 aromatic heterocycles. The van der Waals surface area contributed by atoms with Crippen LogP contribution in [0.2, 0.25) is 0 Å². The van der Waals surface area contributed by atoms with Crippen LogP contribution in [0.4, 0.5) is 0 Å². The Morgan fingerprint density at radius 1 is 1.50 bits per heavy atom. The monoisotopic (exact) mass is 163 g/mol. The van der Waals surface area contributed by atoms with Gasteiger partial charge in [-0.25, -0.2) is 4.57 Å². The van der Waals surface area contributed by atoms with Gasteiger partial charge in [-0.2, -0.15) is 0 Å². The molecular formula is C6H14NO2P. The molecule has 10 heavy (non-hydrogen) atoms. The third-order valence-corrected chi connectivity index (χ3v) is 1.91. The molecule has 0 aromatic carbocycles. The second kappa shape index (κ2) is 5.78. The number of hydrogen-bond donors (Lipinski definition) is 0. The molecule has 0 aliphatic rings. The van der Waals surface area contributed by atoms with E-state index in [4.69, 9.17) is 4.52 Å². The SMILES string of the molecule is CCN(CC)C(C)OP=O. The van der Waals surface area contributed by atoms with Crippen molar-refractivity contribution < 1.29 is 9.09 Å². The second-order valence-corrected chi connectivity index (χ2v) is 2.36. The van der Waals surface area contributed by atoms with Crippen LogP contribution in [-0.2, 0) is 9.09 Å². The Morgan fingerprint density at radius 3 is 2.30 bits per heavy atom. The lowest BCUT2D eigenvalue weighted by Crippen LogP contribution is -2.32. The third kappa shape index (κ3) is 3.25. The number of nitrogens with zero attached hydrogens (tertiary/aromatic N) is 1. The van der Waals surface area contributed by atoms with Crippen molar-refractivity contribution in [3.05, 3.63) is 0 Å². The molecule has 0 bridgehead atoms. The Labute approximate surface area is 63.6 Å². The lowest BCUT2D eigenvalue weighted by atomic mass is 10.5. The van der Waals surface area contributed by atoms with E-state index in [1.807, 2.05) is 20.8 Å². The van der Waals surface area contributed by atoms with Gasteiger partial charge in [-0.3, -0.25) is 9.42 Å². The van der Waals surface area contributed by atoms with Crippen LogP contribution in [0.5, 0.6) is 0 Å². The molecule has 0 heterocycles. The van der Waals surface area contributed by atoms with Crippen LogP contribution < -0.4 is 0 Å². The quantitative estimate of drug-likeness (QED) is 0.458. The number of rotatable bonds is 5. The van der Waals surface area contributed by atoms with Crippen LogP contribution in [-0.4, -0.2) is 24.2 Å². The fraction of sp³-hybridized carbons (Fsp3) is 1.00. The van der Waals surface area contributed by atoms with E-state index >= 15 is 0 Å². The predicted molar refractivity (Wildman–Crippen MR) is 41.1 cm³/mol. The summed E-state index contributed by atoms with van der Waals surface area (Å²) in [6, 6.07) is 0. The average molecular weight is 163 g/mol. The topological polar surface area (TPSA) is 29.5 Å². The fourth-order valence-electron chi connectivity index (χ4n) is 0.867. The van der Waals surface area contributed by atoms with Crippen molar-refractivity contribution in [2.75, 3.05) is 13.1 Å². The predicted octanol–water partition coefficient (Wildman–Crippen LogP) is 1.90. The smallest absolute Gasteiger partial charge is 0.278 e. The van der Waals surface area contributed by atoms with Crippen molar-refractivity contribution in [1.29, 1.82) is 0 Å². The van der Waals surface area contributed by atoms with Gasteiger partial charge in [-0.15, -0.1) is 0 Å². The fourth-order valence-corrected chi connectivity index (χ4v) is 1.12. The summed E-state index contributed by atoms with van der Waals surface area (Å²) in [6.45, 7) is 7.83. The summed E-state index contributed by atoms with van der Waals surface area (Å²) in [5.41, 5.74) is 0. The minimum absolute atomic E-state index is 0.0471. The van der Waals surface area contributed by atoms with Gasteiger partial charge >= 0.3 is 8.69 Å². The molecule has 0 saturated carbocycles. The molecule has 1 atom stereocenters. The molecule has 0 amide bonds. The summed E-state index contributed by atoms with van der Waals surface area (Å²) in [5.74, 6) is 0. The molecule has 0 aromatic rings. The Bertz CT molecular complexity index is 95.7. The number of hydrogen-bond acceptors (Lipinski definition) is 3. The van der Waals surface area contributed by atoms with E-state index in [0.29, 0.717) is 0 Å². The van der Waals surface area contributed by atoms with E-state index in [-0.39, 0.29) is 14.9 Å². The minimum atomic E-state index is -0.239. The molecule has 60 valence electrons. The van der Waals surface area contributed by atoms with Gasteiger partial charge in [0.15, 0.2) is 0 Å². The Kier molecular flexibility index (Phi) is 5.79. The average Bonchev–Trinajstić information content (AvgIpc) is 1.91. The van der Waals surface area contributed by atoms with Crippen molar-refractivity contribution in [3.8, 4) is 0 Å². The highest BCUT2D eigenvalue weighted by molar-refractivity contribution is 7.17. The molecule has 1 unspecified atom stereocenters. The Morgan fingerprint density at radius 2 is 2.00 bits per heavy atom. The summed E-state index contributed by atoms with van der Waals surface area (Å²) in [4.78, 5) is 2.07. The molecule has 3 nitrogen and oxygen atoms in total. The maximum absolute atomic E-state index is 10.00. The second-order valence-electron chi connectivity index (χ2n) is 2.00. The van der Waals surface area contributed by atoms with Gasteiger partial charge in [0.1, 0.15) is 6.23 Å². The summed E-state index contributed by atoms with van der Waals surface area (Å²) >= 11 is 0. The third-order valence-electron chi connectivity index (χ3n) is 1.52. The summed E-state index contributed by atoms with van der Waals surface area (Å²) in [5, 5.41) is 0. The Hall–Kier alpha value is 0.0200. The van der Waals surface area contributed by atoms with Crippen LogP contribution in [0.25, 0.3) is 0 Å². The van der Waals surface area contributed by atoms with Crippen LogP contribution in [0, 0.1) is 0 Å². The van der Waals surface area contributed by atoms with Crippen molar-refractivity contribution in [2.45, 2.75) is 27.0 Å². The van der Waals surface area contributed by atoms with E-state index in [1.165, 1.54) is 0 Å². The molecule has 0 rings (SSSR count). The zero-order valence-electron chi connectivity index (χ0n) is 6.70. The normalized spacial score (nSPS) is 14.4. The lowest BCUT2D eigenvalue weighted by Gasteiger charge is -2.22. The maximum Gasteiger partial charge on any atom is 0.328 e. The van der Waals surface area contributed by atoms with Gasteiger partial charge in [0.05, 0.1) is 0 Å². The van der Waals surface area contributed by atoms with E-state index < -0.39 is 0 Å². The first kappa shape index (κ1) is 10.0. The minimum Gasteiger partial charge on any atom is -0.278 e. The van der Waals surface area contributed by atoms with Gasteiger partial charge in [0.25, 0.3) is 0 Å². The van der Waals surface area contributed by atoms with Gasteiger partial charge in [0.2, 0.25) is 0 Å². The molecule has 0 aliphatic heterocycles. The molecule has 0 saturated heterocycles. The van der Waals surface area contributed by atoms with Gasteiger partial charge in [0, 0.05) is 0 Å². The van der Waals surface area contributed by atoms with Crippen LogP contribution in [0.3, 0.4) is 0 Å². The van der Waals surface area contributed by atoms with E-state index in [9.17, 15) is 4.57 Å². The van der Waals surface area contributed by atoms with E-state index in [1.54, 1.807) is 0 Å². The van der Waals surface area contributed by atoms with Crippen molar-refractivity contribution >= 4 is 8.69 Å². The maximum atomic E-state index is 10.00. The largest absolute Gasteiger partial charge is 0.328 e. The first-order valence-electron chi connectivity index (χ1n) is 3.48. The molecule has 0 aliphatic carbocycles. The lowest BCUT2D eigenvalue weighted by molar-refractivity contribution is 0.0593. The van der Waals surface area contributed by atoms with Crippen molar-refractivity contribution in [3.63, 3.8) is 0 Å². The molecular weight excluding hydrogens is 149 g/mol. The first-order chi connectivity index (χ1) is 4.76. The van der Waals surface area contributed by atoms with Crippen LogP contribution in [0.15, 0.2) is 0 Å².